The van der Waals surface area contributed by atoms with E-state index in [0.717, 1.165) is 61.5 Å². The lowest BCUT2D eigenvalue weighted by Gasteiger charge is -2.35. The Morgan fingerprint density at radius 2 is 1.52 bits per heavy atom. The molecule has 0 atom stereocenters. The van der Waals surface area contributed by atoms with Gasteiger partial charge in [-0.1, -0.05) is 36.4 Å². The van der Waals surface area contributed by atoms with Gasteiger partial charge in [0.2, 0.25) is 0 Å². The van der Waals surface area contributed by atoms with E-state index in [4.69, 9.17) is 0 Å². The first kappa shape index (κ1) is 17.8. The zero-order valence-corrected chi connectivity index (χ0v) is 16.2. The number of benzene rings is 2. The summed E-state index contributed by atoms with van der Waals surface area (Å²) in [6, 6.07) is 16.6. The highest BCUT2D eigenvalue weighted by Gasteiger charge is 2.28. The molecule has 4 nitrogen and oxygen atoms in total. The van der Waals surface area contributed by atoms with Crippen LogP contribution in [0.3, 0.4) is 0 Å². The van der Waals surface area contributed by atoms with Crippen LogP contribution < -0.4 is 9.80 Å². The second-order valence-corrected chi connectivity index (χ2v) is 7.51. The van der Waals surface area contributed by atoms with Crippen LogP contribution in [0.4, 0.5) is 11.4 Å². The molecule has 4 rings (SSSR count). The van der Waals surface area contributed by atoms with E-state index in [9.17, 15) is 4.79 Å². The molecule has 2 aromatic rings. The van der Waals surface area contributed by atoms with Crippen molar-refractivity contribution in [1.82, 2.24) is 4.90 Å². The fourth-order valence-electron chi connectivity index (χ4n) is 3.98. The number of para-hydroxylation sites is 2. The number of amides is 1. The third kappa shape index (κ3) is 3.62. The number of hydrogen-bond acceptors (Lipinski definition) is 3. The minimum Gasteiger partial charge on any atom is -0.368 e. The van der Waals surface area contributed by atoms with Gasteiger partial charge in [-0.25, -0.2) is 0 Å². The van der Waals surface area contributed by atoms with Crippen molar-refractivity contribution in [3.8, 4) is 0 Å². The molecule has 0 saturated carbocycles. The highest BCUT2D eigenvalue weighted by atomic mass is 16.2. The first-order chi connectivity index (χ1) is 13.1. The van der Waals surface area contributed by atoms with E-state index < -0.39 is 0 Å². The number of piperazine rings is 1. The van der Waals surface area contributed by atoms with Crippen LogP contribution in [0.2, 0.25) is 0 Å². The molecule has 2 heterocycles. The Hall–Kier alpha value is -2.59. The van der Waals surface area contributed by atoms with Crippen molar-refractivity contribution in [1.29, 1.82) is 0 Å². The number of hydrogen-bond donors (Lipinski definition) is 0. The number of anilines is 2. The van der Waals surface area contributed by atoms with Crippen LogP contribution in [-0.2, 0) is 4.79 Å². The summed E-state index contributed by atoms with van der Waals surface area (Å²) < 4.78 is 0. The maximum atomic E-state index is 13.0. The van der Waals surface area contributed by atoms with Gasteiger partial charge >= 0.3 is 0 Å². The average molecular weight is 361 g/mol. The first-order valence-corrected chi connectivity index (χ1v) is 9.74. The second-order valence-electron chi connectivity index (χ2n) is 7.51. The molecular weight excluding hydrogens is 334 g/mol. The maximum Gasteiger partial charge on any atom is 0.254 e. The van der Waals surface area contributed by atoms with Gasteiger partial charge in [0.25, 0.3) is 5.91 Å². The summed E-state index contributed by atoms with van der Waals surface area (Å²) in [6.07, 6.45) is 2.90. The number of carbonyl (C=O) groups is 1. The Morgan fingerprint density at radius 3 is 2.26 bits per heavy atom. The highest BCUT2D eigenvalue weighted by Crippen LogP contribution is 2.31. The molecule has 2 saturated heterocycles. The second kappa shape index (κ2) is 7.57. The van der Waals surface area contributed by atoms with E-state index in [-0.39, 0.29) is 5.91 Å². The molecular formula is C23H27N3O. The van der Waals surface area contributed by atoms with Crippen LogP contribution in [-0.4, -0.2) is 50.6 Å². The van der Waals surface area contributed by atoms with Gasteiger partial charge in [-0.3, -0.25) is 4.79 Å². The standard InChI is InChI=1S/C23H27N3O/c1-18-7-3-5-9-21(18)26-12-11-20(23(26)27)17-19-8-4-6-10-22(19)25-15-13-24(2)14-16-25/h3-10,17H,11-16H2,1-2H3. The van der Waals surface area contributed by atoms with Crippen LogP contribution in [0.1, 0.15) is 17.5 Å². The SMILES string of the molecule is Cc1ccccc1N1CCC(=Cc2ccccc2N2CCN(C)CC2)C1=O. The molecule has 2 aliphatic rings. The molecule has 27 heavy (non-hydrogen) atoms. The van der Waals surface area contributed by atoms with Crippen molar-refractivity contribution in [2.75, 3.05) is 49.6 Å². The smallest absolute Gasteiger partial charge is 0.254 e. The average Bonchev–Trinajstić information content (AvgIpc) is 3.04. The van der Waals surface area contributed by atoms with Crippen molar-refractivity contribution >= 4 is 23.4 Å². The quantitative estimate of drug-likeness (QED) is 0.782. The fourth-order valence-corrected chi connectivity index (χ4v) is 3.98. The van der Waals surface area contributed by atoms with E-state index >= 15 is 0 Å². The van der Waals surface area contributed by atoms with Gasteiger partial charge in [-0.05, 0) is 49.7 Å². The van der Waals surface area contributed by atoms with Gasteiger partial charge in [-0.2, -0.15) is 0 Å². The number of nitrogens with zero attached hydrogens (tertiary/aromatic N) is 3. The highest BCUT2D eigenvalue weighted by molar-refractivity contribution is 6.11. The molecule has 1 amide bonds. The van der Waals surface area contributed by atoms with Gasteiger partial charge in [0.1, 0.15) is 0 Å². The van der Waals surface area contributed by atoms with Crippen LogP contribution >= 0.6 is 0 Å². The van der Waals surface area contributed by atoms with Gasteiger partial charge in [0, 0.05) is 49.7 Å². The third-order valence-corrected chi connectivity index (χ3v) is 5.64. The summed E-state index contributed by atoms with van der Waals surface area (Å²) in [7, 11) is 2.17. The Morgan fingerprint density at radius 1 is 0.852 bits per heavy atom. The van der Waals surface area contributed by atoms with E-state index in [2.05, 4.69) is 60.2 Å². The van der Waals surface area contributed by atoms with Crippen molar-refractivity contribution < 1.29 is 4.79 Å². The number of carbonyl (C=O) groups excluding carboxylic acids is 1. The molecule has 0 unspecified atom stereocenters. The van der Waals surface area contributed by atoms with Crippen LogP contribution in [0.5, 0.6) is 0 Å². The molecule has 140 valence electrons. The number of aryl methyl sites for hydroxylation is 1. The summed E-state index contributed by atoms with van der Waals surface area (Å²) >= 11 is 0. The van der Waals surface area contributed by atoms with Crippen molar-refractivity contribution in [2.45, 2.75) is 13.3 Å². The summed E-state index contributed by atoms with van der Waals surface area (Å²) in [5.41, 5.74) is 5.46. The van der Waals surface area contributed by atoms with Crippen LogP contribution in [0.25, 0.3) is 6.08 Å². The molecule has 2 aliphatic heterocycles. The van der Waals surface area contributed by atoms with E-state index in [1.165, 1.54) is 5.69 Å². The molecule has 4 heteroatoms. The normalized spacial score (nSPS) is 19.9. The fraction of sp³-hybridized carbons (Fsp3) is 0.348. The van der Waals surface area contributed by atoms with E-state index in [0.29, 0.717) is 0 Å². The Kier molecular flexibility index (Phi) is 4.99. The predicted molar refractivity (Wildman–Crippen MR) is 112 cm³/mol. The molecule has 0 aliphatic carbocycles. The lowest BCUT2D eigenvalue weighted by molar-refractivity contribution is -0.114. The van der Waals surface area contributed by atoms with Gasteiger partial charge in [0.05, 0.1) is 0 Å². The van der Waals surface area contributed by atoms with E-state index in [1.54, 1.807) is 0 Å². The summed E-state index contributed by atoms with van der Waals surface area (Å²) in [5.74, 6) is 0.137. The molecule has 0 bridgehead atoms. The largest absolute Gasteiger partial charge is 0.368 e. The van der Waals surface area contributed by atoms with Gasteiger partial charge in [0.15, 0.2) is 0 Å². The lowest BCUT2D eigenvalue weighted by atomic mass is 10.1. The third-order valence-electron chi connectivity index (χ3n) is 5.64. The zero-order chi connectivity index (χ0) is 18.8. The van der Waals surface area contributed by atoms with Crippen molar-refractivity contribution in [2.24, 2.45) is 0 Å². The molecule has 0 radical (unpaired) electrons. The molecule has 0 aromatic heterocycles. The molecule has 0 N–H and O–H groups in total. The maximum absolute atomic E-state index is 13.0. The van der Waals surface area contributed by atoms with E-state index in [1.807, 2.05) is 23.1 Å². The summed E-state index contributed by atoms with van der Waals surface area (Å²) in [5, 5.41) is 0. The van der Waals surface area contributed by atoms with Crippen molar-refractivity contribution in [3.63, 3.8) is 0 Å². The van der Waals surface area contributed by atoms with Gasteiger partial charge < -0.3 is 14.7 Å². The van der Waals surface area contributed by atoms with Crippen molar-refractivity contribution in [3.05, 3.63) is 65.2 Å². The number of likely N-dealkylation sites (N-methyl/N-ethyl adjacent to an activating group) is 1. The summed E-state index contributed by atoms with van der Waals surface area (Å²) in [6.45, 7) is 7.02. The molecule has 2 fully saturated rings. The minimum absolute atomic E-state index is 0.137. The molecule has 2 aromatic carbocycles. The Bertz CT molecular complexity index is 865. The van der Waals surface area contributed by atoms with Crippen LogP contribution in [0.15, 0.2) is 54.1 Å². The van der Waals surface area contributed by atoms with Gasteiger partial charge in [-0.15, -0.1) is 0 Å². The first-order valence-electron chi connectivity index (χ1n) is 9.74. The topological polar surface area (TPSA) is 26.8 Å². The minimum atomic E-state index is 0.137. The Labute approximate surface area is 161 Å². The zero-order valence-electron chi connectivity index (χ0n) is 16.2. The molecule has 0 spiro atoms. The summed E-state index contributed by atoms with van der Waals surface area (Å²) in [4.78, 5) is 19.7. The monoisotopic (exact) mass is 361 g/mol. The predicted octanol–water partition coefficient (Wildman–Crippen LogP) is 3.57. The number of rotatable bonds is 3. The Balaban J connectivity index is 1.60. The lowest BCUT2D eigenvalue weighted by Crippen LogP contribution is -2.44. The van der Waals surface area contributed by atoms with Crippen LogP contribution in [0, 0.1) is 6.92 Å².